The lowest BCUT2D eigenvalue weighted by Gasteiger charge is -2.05. The largest absolute Gasteiger partial charge is 0.347 e. The fourth-order valence-corrected chi connectivity index (χ4v) is 2.73. The number of amides is 1. The molecule has 2 N–H and O–H groups in total. The van der Waals surface area contributed by atoms with Gasteiger partial charge in [-0.15, -0.1) is 0 Å². The van der Waals surface area contributed by atoms with Crippen LogP contribution in [0.15, 0.2) is 24.3 Å². The summed E-state index contributed by atoms with van der Waals surface area (Å²) in [6.07, 6.45) is 0. The molecular weight excluding hydrogens is 321 g/mol. The summed E-state index contributed by atoms with van der Waals surface area (Å²) < 4.78 is 15.3. The molecule has 2 heterocycles. The molecule has 0 unspecified atom stereocenters. The molecule has 0 aliphatic carbocycles. The third kappa shape index (κ3) is 3.31. The van der Waals surface area contributed by atoms with Gasteiger partial charge in [-0.2, -0.15) is 10.2 Å². The standard InChI is InChI=1S/C18H20FN5O/c1-10-5-6-13(7-14(10)19)9-20-18(25)16-8-15(21-22-16)17-11(2)23-24(4)12(17)3/h5-8H,9H2,1-4H3,(H,20,25)(H,21,22). The predicted octanol–water partition coefficient (Wildman–Crippen LogP) is 2.80. The van der Waals surface area contributed by atoms with Gasteiger partial charge in [-0.3, -0.25) is 14.6 Å². The first-order chi connectivity index (χ1) is 11.9. The topological polar surface area (TPSA) is 75.6 Å². The lowest BCUT2D eigenvalue weighted by atomic mass is 10.1. The highest BCUT2D eigenvalue weighted by Gasteiger charge is 2.17. The summed E-state index contributed by atoms with van der Waals surface area (Å²) in [5.74, 6) is -0.572. The number of nitrogens with zero attached hydrogens (tertiary/aromatic N) is 3. The number of H-pyrrole nitrogens is 1. The Morgan fingerprint density at radius 2 is 2.04 bits per heavy atom. The second kappa shape index (κ2) is 6.51. The quantitative estimate of drug-likeness (QED) is 0.766. The minimum atomic E-state index is -0.293. The minimum Gasteiger partial charge on any atom is -0.347 e. The molecule has 2 aromatic heterocycles. The maximum atomic E-state index is 13.6. The van der Waals surface area contributed by atoms with Crippen molar-refractivity contribution in [2.24, 2.45) is 7.05 Å². The highest BCUT2D eigenvalue weighted by Crippen LogP contribution is 2.25. The Morgan fingerprint density at radius 3 is 2.68 bits per heavy atom. The van der Waals surface area contributed by atoms with Crippen LogP contribution in [0.25, 0.3) is 11.3 Å². The van der Waals surface area contributed by atoms with Gasteiger partial charge in [0.15, 0.2) is 0 Å². The minimum absolute atomic E-state index is 0.245. The number of hydrogen-bond donors (Lipinski definition) is 2. The number of halogens is 1. The zero-order valence-electron chi connectivity index (χ0n) is 14.6. The van der Waals surface area contributed by atoms with Gasteiger partial charge in [-0.1, -0.05) is 12.1 Å². The van der Waals surface area contributed by atoms with Crippen molar-refractivity contribution in [1.29, 1.82) is 0 Å². The van der Waals surface area contributed by atoms with Gasteiger partial charge < -0.3 is 5.32 Å². The molecule has 0 saturated carbocycles. The Bertz CT molecular complexity index is 941. The van der Waals surface area contributed by atoms with Crippen molar-refractivity contribution in [2.45, 2.75) is 27.3 Å². The normalized spacial score (nSPS) is 10.9. The molecule has 7 heteroatoms. The van der Waals surface area contributed by atoms with Crippen LogP contribution >= 0.6 is 0 Å². The van der Waals surface area contributed by atoms with E-state index in [4.69, 9.17) is 0 Å². The Morgan fingerprint density at radius 1 is 1.28 bits per heavy atom. The molecular formula is C18H20FN5O. The average Bonchev–Trinajstić information content (AvgIpc) is 3.13. The van der Waals surface area contributed by atoms with Gasteiger partial charge in [0.25, 0.3) is 5.91 Å². The lowest BCUT2D eigenvalue weighted by Crippen LogP contribution is -2.23. The summed E-state index contributed by atoms with van der Waals surface area (Å²) in [4.78, 5) is 12.3. The second-order valence-corrected chi connectivity index (χ2v) is 6.10. The molecule has 25 heavy (non-hydrogen) atoms. The van der Waals surface area contributed by atoms with Crippen LogP contribution in [0.3, 0.4) is 0 Å². The van der Waals surface area contributed by atoms with Crippen molar-refractivity contribution in [3.63, 3.8) is 0 Å². The van der Waals surface area contributed by atoms with E-state index in [0.717, 1.165) is 17.0 Å². The van der Waals surface area contributed by atoms with Crippen molar-refractivity contribution in [1.82, 2.24) is 25.3 Å². The van der Waals surface area contributed by atoms with Crippen LogP contribution in [-0.4, -0.2) is 25.9 Å². The number of aryl methyl sites for hydroxylation is 3. The molecule has 0 radical (unpaired) electrons. The van der Waals surface area contributed by atoms with Crippen LogP contribution in [0.2, 0.25) is 0 Å². The SMILES string of the molecule is Cc1ccc(CNC(=O)c2cc(-c3c(C)nn(C)c3C)n[nH]2)cc1F. The van der Waals surface area contributed by atoms with E-state index in [2.05, 4.69) is 20.6 Å². The van der Waals surface area contributed by atoms with Gasteiger partial charge in [0.05, 0.1) is 11.4 Å². The van der Waals surface area contributed by atoms with Gasteiger partial charge in [0.1, 0.15) is 11.5 Å². The van der Waals surface area contributed by atoms with Gasteiger partial charge in [0, 0.05) is 24.8 Å². The highest BCUT2D eigenvalue weighted by molar-refractivity contribution is 5.93. The molecule has 0 spiro atoms. The maximum Gasteiger partial charge on any atom is 0.269 e. The van der Waals surface area contributed by atoms with Crippen molar-refractivity contribution in [3.05, 3.63) is 58.3 Å². The maximum absolute atomic E-state index is 13.6. The first-order valence-corrected chi connectivity index (χ1v) is 7.96. The number of benzene rings is 1. The third-order valence-corrected chi connectivity index (χ3v) is 4.28. The number of carbonyl (C=O) groups excluding carboxylic acids is 1. The fraction of sp³-hybridized carbons (Fsp3) is 0.278. The number of carbonyl (C=O) groups is 1. The molecule has 0 bridgehead atoms. The number of aromatic amines is 1. The predicted molar refractivity (Wildman–Crippen MR) is 92.6 cm³/mol. The van der Waals surface area contributed by atoms with E-state index in [1.54, 1.807) is 29.8 Å². The van der Waals surface area contributed by atoms with Crippen LogP contribution in [0, 0.1) is 26.6 Å². The molecule has 0 saturated heterocycles. The zero-order valence-corrected chi connectivity index (χ0v) is 14.6. The molecule has 3 rings (SSSR count). The van der Waals surface area contributed by atoms with Crippen LogP contribution in [0.1, 0.15) is 33.0 Å². The average molecular weight is 341 g/mol. The van der Waals surface area contributed by atoms with Gasteiger partial charge >= 0.3 is 0 Å². The molecule has 1 aromatic carbocycles. The van der Waals surface area contributed by atoms with Gasteiger partial charge in [-0.25, -0.2) is 4.39 Å². The summed E-state index contributed by atoms with van der Waals surface area (Å²) in [5, 5.41) is 14.1. The van der Waals surface area contributed by atoms with Gasteiger partial charge in [-0.05, 0) is 44.0 Å². The Kier molecular flexibility index (Phi) is 4.39. The van der Waals surface area contributed by atoms with Crippen molar-refractivity contribution < 1.29 is 9.18 Å². The summed E-state index contributed by atoms with van der Waals surface area (Å²) in [6, 6.07) is 6.61. The summed E-state index contributed by atoms with van der Waals surface area (Å²) in [5.41, 5.74) is 5.06. The molecule has 130 valence electrons. The van der Waals surface area contributed by atoms with Crippen LogP contribution in [0.5, 0.6) is 0 Å². The van der Waals surface area contributed by atoms with E-state index < -0.39 is 0 Å². The monoisotopic (exact) mass is 341 g/mol. The van der Waals surface area contributed by atoms with Gasteiger partial charge in [0.2, 0.25) is 0 Å². The van der Waals surface area contributed by atoms with Crippen molar-refractivity contribution in [2.75, 3.05) is 0 Å². The molecule has 3 aromatic rings. The van der Waals surface area contributed by atoms with Crippen molar-refractivity contribution in [3.8, 4) is 11.3 Å². The van der Waals surface area contributed by atoms with Crippen molar-refractivity contribution >= 4 is 5.91 Å². The van der Waals surface area contributed by atoms with E-state index in [-0.39, 0.29) is 18.3 Å². The Labute approximate surface area is 145 Å². The number of rotatable bonds is 4. The smallest absolute Gasteiger partial charge is 0.269 e. The molecule has 0 atom stereocenters. The zero-order chi connectivity index (χ0) is 18.1. The van der Waals surface area contributed by atoms with Crippen LogP contribution in [-0.2, 0) is 13.6 Å². The highest BCUT2D eigenvalue weighted by atomic mass is 19.1. The number of hydrogen-bond acceptors (Lipinski definition) is 3. The molecule has 0 aliphatic rings. The summed E-state index contributed by atoms with van der Waals surface area (Å²) >= 11 is 0. The van der Waals surface area contributed by atoms with Crippen LogP contribution < -0.4 is 5.32 Å². The molecule has 1 amide bonds. The first kappa shape index (κ1) is 16.9. The Balaban J connectivity index is 1.73. The van der Waals surface area contributed by atoms with E-state index in [9.17, 15) is 9.18 Å². The van der Waals surface area contributed by atoms with E-state index >= 15 is 0 Å². The summed E-state index contributed by atoms with van der Waals surface area (Å²) in [6.45, 7) is 5.81. The van der Waals surface area contributed by atoms with Crippen LogP contribution in [0.4, 0.5) is 4.39 Å². The lowest BCUT2D eigenvalue weighted by molar-refractivity contribution is 0.0946. The summed E-state index contributed by atoms with van der Waals surface area (Å²) in [7, 11) is 1.87. The third-order valence-electron chi connectivity index (χ3n) is 4.28. The molecule has 0 aliphatic heterocycles. The number of aromatic nitrogens is 4. The van der Waals surface area contributed by atoms with E-state index in [1.165, 1.54) is 6.07 Å². The molecule has 0 fully saturated rings. The van der Waals surface area contributed by atoms with E-state index in [0.29, 0.717) is 22.5 Å². The first-order valence-electron chi connectivity index (χ1n) is 7.96. The Hall–Kier alpha value is -2.96. The number of nitrogens with one attached hydrogen (secondary N) is 2. The fourth-order valence-electron chi connectivity index (χ4n) is 2.73. The molecule has 6 nitrogen and oxygen atoms in total. The van der Waals surface area contributed by atoms with E-state index in [1.807, 2.05) is 20.9 Å². The second-order valence-electron chi connectivity index (χ2n) is 6.10.